The van der Waals surface area contributed by atoms with E-state index in [1.807, 2.05) is 19.1 Å². The van der Waals surface area contributed by atoms with Crippen molar-refractivity contribution < 1.29 is 4.39 Å². The van der Waals surface area contributed by atoms with E-state index in [2.05, 4.69) is 0 Å². The van der Waals surface area contributed by atoms with E-state index in [1.165, 1.54) is 32.1 Å². The van der Waals surface area contributed by atoms with Gasteiger partial charge in [-0.15, -0.1) is 0 Å². The third-order valence-corrected chi connectivity index (χ3v) is 6.22. The highest BCUT2D eigenvalue weighted by Gasteiger charge is 2.50. The molecule has 4 aliphatic carbocycles. The van der Waals surface area contributed by atoms with Gasteiger partial charge in [-0.2, -0.15) is 0 Å². The summed E-state index contributed by atoms with van der Waals surface area (Å²) in [5.74, 6) is 3.80. The molecule has 1 aromatic carbocycles. The molecule has 4 saturated carbocycles. The zero-order chi connectivity index (χ0) is 13.9. The normalized spacial score (nSPS) is 40.0. The van der Waals surface area contributed by atoms with E-state index >= 15 is 0 Å². The highest BCUT2D eigenvalue weighted by molar-refractivity contribution is 5.28. The number of hydrogen-bond donors (Lipinski definition) is 1. The summed E-state index contributed by atoms with van der Waals surface area (Å²) in [6, 6.07) is 5.28. The second-order valence-electron chi connectivity index (χ2n) is 7.56. The largest absolute Gasteiger partial charge is 0.324 e. The molecule has 0 amide bonds. The Morgan fingerprint density at radius 2 is 1.65 bits per heavy atom. The van der Waals surface area contributed by atoms with Gasteiger partial charge >= 0.3 is 0 Å². The minimum atomic E-state index is -0.114. The number of aryl methyl sites for hydroxylation is 1. The summed E-state index contributed by atoms with van der Waals surface area (Å²) in [7, 11) is 0. The van der Waals surface area contributed by atoms with Crippen LogP contribution in [0.3, 0.4) is 0 Å². The van der Waals surface area contributed by atoms with Crippen LogP contribution in [-0.2, 0) is 0 Å². The van der Waals surface area contributed by atoms with Crippen molar-refractivity contribution in [1.29, 1.82) is 0 Å². The molecule has 0 spiro atoms. The van der Waals surface area contributed by atoms with Gasteiger partial charge in [-0.3, -0.25) is 0 Å². The van der Waals surface area contributed by atoms with Gasteiger partial charge in [0, 0.05) is 11.6 Å². The van der Waals surface area contributed by atoms with Crippen molar-refractivity contribution in [2.75, 3.05) is 0 Å². The second-order valence-corrected chi connectivity index (χ2v) is 7.56. The molecule has 2 heteroatoms. The van der Waals surface area contributed by atoms with Crippen LogP contribution in [0, 0.1) is 42.3 Å². The lowest BCUT2D eigenvalue weighted by atomic mass is 9.50. The first-order valence-electron chi connectivity index (χ1n) is 8.13. The summed E-state index contributed by atoms with van der Waals surface area (Å²) < 4.78 is 14.2. The molecule has 1 aromatic rings. The Hall–Kier alpha value is -0.890. The molecule has 0 aliphatic heterocycles. The lowest BCUT2D eigenvalue weighted by molar-refractivity contribution is -0.0475. The first-order chi connectivity index (χ1) is 9.61. The average molecular weight is 273 g/mol. The number of benzene rings is 1. The van der Waals surface area contributed by atoms with Crippen LogP contribution >= 0.6 is 0 Å². The van der Waals surface area contributed by atoms with Gasteiger partial charge in [0.25, 0.3) is 0 Å². The van der Waals surface area contributed by atoms with E-state index in [9.17, 15) is 4.39 Å². The number of rotatable bonds is 2. The molecule has 0 heterocycles. The highest BCUT2D eigenvalue weighted by Crippen LogP contribution is 2.59. The van der Waals surface area contributed by atoms with Crippen molar-refractivity contribution in [2.24, 2.45) is 35.3 Å². The summed E-state index contributed by atoms with van der Waals surface area (Å²) in [5, 5.41) is 0. The van der Waals surface area contributed by atoms with Crippen molar-refractivity contribution in [1.82, 2.24) is 0 Å². The van der Waals surface area contributed by atoms with Gasteiger partial charge in [-0.05, 0) is 74.7 Å². The van der Waals surface area contributed by atoms with Gasteiger partial charge in [0.15, 0.2) is 0 Å². The first kappa shape index (κ1) is 12.8. The van der Waals surface area contributed by atoms with Gasteiger partial charge < -0.3 is 5.73 Å². The monoisotopic (exact) mass is 273 g/mol. The molecule has 1 nitrogen and oxygen atoms in total. The summed E-state index contributed by atoms with van der Waals surface area (Å²) >= 11 is 0. The molecule has 0 saturated heterocycles. The molecule has 4 aliphatic rings. The molecule has 20 heavy (non-hydrogen) atoms. The van der Waals surface area contributed by atoms with Crippen molar-refractivity contribution >= 4 is 0 Å². The number of halogens is 1. The van der Waals surface area contributed by atoms with Crippen LogP contribution in [0.15, 0.2) is 18.2 Å². The molecule has 2 N–H and O–H groups in total. The minimum Gasteiger partial charge on any atom is -0.324 e. The van der Waals surface area contributed by atoms with Crippen LogP contribution in [-0.4, -0.2) is 0 Å². The fraction of sp³-hybridized carbons (Fsp3) is 0.667. The lowest BCUT2D eigenvalue weighted by Gasteiger charge is -2.56. The molecule has 1 atom stereocenters. The molecule has 4 fully saturated rings. The number of nitrogens with two attached hydrogens (primary N) is 1. The predicted molar refractivity (Wildman–Crippen MR) is 78.6 cm³/mol. The average Bonchev–Trinajstić information content (AvgIpc) is 2.40. The SMILES string of the molecule is Cc1ccc(F)c(C(N)C2C3CC4CC(C3)CC2C4)c1. The van der Waals surface area contributed by atoms with Gasteiger partial charge in [0.1, 0.15) is 5.82 Å². The van der Waals surface area contributed by atoms with E-state index in [0.29, 0.717) is 5.92 Å². The molecule has 0 aromatic heterocycles. The van der Waals surface area contributed by atoms with Crippen LogP contribution < -0.4 is 5.73 Å². The molecule has 4 bridgehead atoms. The second kappa shape index (κ2) is 4.56. The Balaban J connectivity index is 1.65. The van der Waals surface area contributed by atoms with Gasteiger partial charge in [-0.25, -0.2) is 4.39 Å². The summed E-state index contributed by atoms with van der Waals surface area (Å²) in [6.45, 7) is 2.02. The van der Waals surface area contributed by atoms with E-state index in [0.717, 1.165) is 34.8 Å². The maximum absolute atomic E-state index is 14.2. The minimum absolute atomic E-state index is 0.107. The first-order valence-corrected chi connectivity index (χ1v) is 8.13. The van der Waals surface area contributed by atoms with E-state index in [4.69, 9.17) is 5.73 Å². The fourth-order valence-electron chi connectivity index (χ4n) is 5.68. The van der Waals surface area contributed by atoms with Crippen LogP contribution in [0.4, 0.5) is 4.39 Å². The molecule has 1 unspecified atom stereocenters. The van der Waals surface area contributed by atoms with Crippen LogP contribution in [0.5, 0.6) is 0 Å². The van der Waals surface area contributed by atoms with Crippen LogP contribution in [0.1, 0.15) is 49.3 Å². The predicted octanol–water partition coefficient (Wildman–Crippen LogP) is 4.21. The Kier molecular flexibility index (Phi) is 2.92. The van der Waals surface area contributed by atoms with Gasteiger partial charge in [0.05, 0.1) is 0 Å². The van der Waals surface area contributed by atoms with Crippen LogP contribution in [0.2, 0.25) is 0 Å². The van der Waals surface area contributed by atoms with Crippen molar-refractivity contribution in [3.05, 3.63) is 35.1 Å². The van der Waals surface area contributed by atoms with Crippen molar-refractivity contribution in [2.45, 2.75) is 45.1 Å². The molecule has 0 radical (unpaired) electrons. The summed E-state index contributed by atoms with van der Waals surface area (Å²) in [5.41, 5.74) is 8.41. The molecule has 108 valence electrons. The Labute approximate surface area is 120 Å². The smallest absolute Gasteiger partial charge is 0.128 e. The van der Waals surface area contributed by atoms with E-state index < -0.39 is 0 Å². The van der Waals surface area contributed by atoms with Crippen molar-refractivity contribution in [3.8, 4) is 0 Å². The molecular weight excluding hydrogens is 249 g/mol. The maximum atomic E-state index is 14.2. The van der Waals surface area contributed by atoms with Gasteiger partial charge in [0.2, 0.25) is 0 Å². The highest BCUT2D eigenvalue weighted by atomic mass is 19.1. The Bertz CT molecular complexity index is 496. The summed E-state index contributed by atoms with van der Waals surface area (Å²) in [4.78, 5) is 0. The zero-order valence-corrected chi connectivity index (χ0v) is 12.2. The Morgan fingerprint density at radius 3 is 2.25 bits per heavy atom. The molecule has 5 rings (SSSR count). The summed E-state index contributed by atoms with van der Waals surface area (Å²) in [6.07, 6.45) is 6.84. The standard InChI is InChI=1S/C18H24FN/c1-10-2-3-16(19)15(4-10)18(20)17-13-6-11-5-12(8-13)9-14(17)7-11/h2-4,11-14,17-18H,5-9,20H2,1H3. The third-order valence-electron chi connectivity index (χ3n) is 6.22. The third kappa shape index (κ3) is 1.92. The van der Waals surface area contributed by atoms with Crippen LogP contribution in [0.25, 0.3) is 0 Å². The molecular formula is C18H24FN. The van der Waals surface area contributed by atoms with E-state index in [-0.39, 0.29) is 11.9 Å². The zero-order valence-electron chi connectivity index (χ0n) is 12.2. The fourth-order valence-corrected chi connectivity index (χ4v) is 5.68. The number of hydrogen-bond acceptors (Lipinski definition) is 1. The quantitative estimate of drug-likeness (QED) is 0.858. The lowest BCUT2D eigenvalue weighted by Crippen LogP contribution is -2.48. The van der Waals surface area contributed by atoms with Gasteiger partial charge in [-0.1, -0.05) is 17.7 Å². The van der Waals surface area contributed by atoms with Crippen molar-refractivity contribution in [3.63, 3.8) is 0 Å². The topological polar surface area (TPSA) is 26.0 Å². The maximum Gasteiger partial charge on any atom is 0.128 e. The van der Waals surface area contributed by atoms with E-state index in [1.54, 1.807) is 6.07 Å². The Morgan fingerprint density at radius 1 is 1.05 bits per heavy atom.